The molecule has 0 aliphatic rings. The summed E-state index contributed by atoms with van der Waals surface area (Å²) in [4.78, 5) is 14.2. The molecule has 0 bridgehead atoms. The van der Waals surface area contributed by atoms with Crippen molar-refractivity contribution in [2.45, 2.75) is 13.0 Å². The number of benzene rings is 1. The number of nitro groups is 1. The van der Waals surface area contributed by atoms with Crippen LogP contribution in [0.2, 0.25) is 0 Å². The van der Waals surface area contributed by atoms with E-state index in [1.54, 1.807) is 11.6 Å². The van der Waals surface area contributed by atoms with E-state index in [1.165, 1.54) is 6.33 Å². The van der Waals surface area contributed by atoms with Crippen LogP contribution in [0.1, 0.15) is 18.5 Å². The molecular weight excluding hydrogens is 312 g/mol. The lowest BCUT2D eigenvalue weighted by Gasteiger charge is -2.15. The highest BCUT2D eigenvalue weighted by Crippen LogP contribution is 2.27. The fraction of sp³-hybridized carbons (Fsp3) is 0.250. The topological polar surface area (TPSA) is 73.0 Å². The number of hydrogen-bond acceptors (Lipinski definition) is 4. The van der Waals surface area contributed by atoms with Crippen LogP contribution < -0.4 is 5.32 Å². The van der Waals surface area contributed by atoms with Gasteiger partial charge in [0, 0.05) is 11.5 Å². The van der Waals surface area contributed by atoms with E-state index in [0.29, 0.717) is 5.82 Å². The minimum Gasteiger partial charge on any atom is -0.358 e. The second-order valence-corrected chi connectivity index (χ2v) is 5.12. The first kappa shape index (κ1) is 13.5. The summed E-state index contributed by atoms with van der Waals surface area (Å²) in [7, 11) is 1.72. The molecule has 2 rings (SSSR count). The van der Waals surface area contributed by atoms with E-state index in [2.05, 4.69) is 26.2 Å². The standard InChI is InChI=1S/C12H13BrN4O2/c1-8(9-4-3-5-10(13)6-9)15-12-11(17(18)19)14-7-16(12)2/h3-8,15H,1-2H3/t8-/m1/s1. The van der Waals surface area contributed by atoms with Crippen molar-refractivity contribution in [3.05, 3.63) is 50.7 Å². The van der Waals surface area contributed by atoms with Gasteiger partial charge < -0.3 is 15.4 Å². The summed E-state index contributed by atoms with van der Waals surface area (Å²) in [6.07, 6.45) is 1.42. The molecule has 0 spiro atoms. The smallest absolute Gasteiger partial charge is 0.358 e. The van der Waals surface area contributed by atoms with Gasteiger partial charge in [0.05, 0.1) is 6.04 Å². The van der Waals surface area contributed by atoms with Gasteiger partial charge in [0.15, 0.2) is 0 Å². The summed E-state index contributed by atoms with van der Waals surface area (Å²) < 4.78 is 2.57. The Labute approximate surface area is 118 Å². The van der Waals surface area contributed by atoms with Gasteiger partial charge in [-0.3, -0.25) is 4.57 Å². The molecular formula is C12H13BrN4O2. The third-order valence-corrected chi connectivity index (χ3v) is 3.29. The van der Waals surface area contributed by atoms with Crippen LogP contribution in [0, 0.1) is 10.1 Å². The van der Waals surface area contributed by atoms with E-state index in [-0.39, 0.29) is 11.9 Å². The molecule has 0 amide bonds. The predicted molar refractivity (Wildman–Crippen MR) is 76.0 cm³/mol. The van der Waals surface area contributed by atoms with Crippen molar-refractivity contribution in [1.82, 2.24) is 9.55 Å². The van der Waals surface area contributed by atoms with E-state index >= 15 is 0 Å². The lowest BCUT2D eigenvalue weighted by Crippen LogP contribution is -2.10. The molecule has 100 valence electrons. The molecule has 7 heteroatoms. The van der Waals surface area contributed by atoms with Gasteiger partial charge in [0.1, 0.15) is 0 Å². The molecule has 1 atom stereocenters. The number of imidazole rings is 1. The highest BCUT2D eigenvalue weighted by molar-refractivity contribution is 9.10. The summed E-state index contributed by atoms with van der Waals surface area (Å²) in [6.45, 7) is 1.94. The summed E-state index contributed by atoms with van der Waals surface area (Å²) in [5, 5.41) is 14.0. The van der Waals surface area contributed by atoms with Gasteiger partial charge in [-0.15, -0.1) is 0 Å². The molecule has 0 radical (unpaired) electrons. The van der Waals surface area contributed by atoms with Crippen LogP contribution in [0.4, 0.5) is 11.6 Å². The number of nitrogens with zero attached hydrogens (tertiary/aromatic N) is 3. The number of halogens is 1. The third kappa shape index (κ3) is 2.93. The molecule has 0 saturated heterocycles. The molecule has 0 saturated carbocycles. The van der Waals surface area contributed by atoms with Crippen LogP contribution in [0.15, 0.2) is 35.1 Å². The van der Waals surface area contributed by atoms with Crippen LogP contribution in [-0.2, 0) is 7.05 Å². The van der Waals surface area contributed by atoms with E-state index in [1.807, 2.05) is 31.2 Å². The molecule has 0 aliphatic carbocycles. The number of rotatable bonds is 4. The first-order valence-corrected chi connectivity index (χ1v) is 6.46. The largest absolute Gasteiger partial charge is 0.406 e. The fourth-order valence-electron chi connectivity index (χ4n) is 1.78. The van der Waals surface area contributed by atoms with Crippen molar-refractivity contribution >= 4 is 27.6 Å². The number of hydrogen-bond donors (Lipinski definition) is 1. The zero-order valence-electron chi connectivity index (χ0n) is 10.5. The molecule has 1 aromatic carbocycles. The highest BCUT2D eigenvalue weighted by Gasteiger charge is 2.21. The third-order valence-electron chi connectivity index (χ3n) is 2.79. The maximum Gasteiger partial charge on any atom is 0.406 e. The Kier molecular flexibility index (Phi) is 3.84. The SMILES string of the molecule is C[C@@H](Nc1c([N+](=O)[O-])ncn1C)c1cccc(Br)c1. The van der Waals surface area contributed by atoms with E-state index in [0.717, 1.165) is 10.0 Å². The summed E-state index contributed by atoms with van der Waals surface area (Å²) in [5.41, 5.74) is 1.03. The fourth-order valence-corrected chi connectivity index (χ4v) is 2.20. The van der Waals surface area contributed by atoms with Crippen LogP contribution in [0.5, 0.6) is 0 Å². The van der Waals surface area contributed by atoms with Crippen molar-refractivity contribution in [2.24, 2.45) is 7.05 Å². The quantitative estimate of drug-likeness (QED) is 0.692. The molecule has 0 fully saturated rings. The molecule has 0 unspecified atom stereocenters. The van der Waals surface area contributed by atoms with Crippen LogP contribution >= 0.6 is 15.9 Å². The van der Waals surface area contributed by atoms with Crippen molar-refractivity contribution in [2.75, 3.05) is 5.32 Å². The molecule has 1 aromatic heterocycles. The average Bonchev–Trinajstić information content (AvgIpc) is 2.71. The maximum atomic E-state index is 10.9. The first-order valence-electron chi connectivity index (χ1n) is 5.66. The van der Waals surface area contributed by atoms with Gasteiger partial charge in [-0.2, -0.15) is 0 Å². The van der Waals surface area contributed by atoms with Gasteiger partial charge >= 0.3 is 5.82 Å². The zero-order chi connectivity index (χ0) is 14.0. The Bertz CT molecular complexity index is 612. The van der Waals surface area contributed by atoms with Gasteiger partial charge in [-0.05, 0) is 34.5 Å². The minimum absolute atomic E-state index is 0.0633. The Hall–Kier alpha value is -1.89. The van der Waals surface area contributed by atoms with E-state index in [4.69, 9.17) is 0 Å². The lowest BCUT2D eigenvalue weighted by atomic mass is 10.1. The van der Waals surface area contributed by atoms with Gasteiger partial charge in [0.2, 0.25) is 12.1 Å². The van der Waals surface area contributed by atoms with Crippen molar-refractivity contribution in [3.8, 4) is 0 Å². The zero-order valence-corrected chi connectivity index (χ0v) is 12.1. The predicted octanol–water partition coefficient (Wildman–Crippen LogP) is 3.26. The molecule has 1 heterocycles. The number of aryl methyl sites for hydroxylation is 1. The normalized spacial score (nSPS) is 12.2. The maximum absolute atomic E-state index is 10.9. The summed E-state index contributed by atoms with van der Waals surface area (Å²) in [6, 6.07) is 7.73. The highest BCUT2D eigenvalue weighted by atomic mass is 79.9. The Morgan fingerprint density at radius 1 is 1.53 bits per heavy atom. The molecule has 0 aliphatic heterocycles. The second-order valence-electron chi connectivity index (χ2n) is 4.21. The average molecular weight is 325 g/mol. The van der Waals surface area contributed by atoms with Crippen LogP contribution in [-0.4, -0.2) is 14.5 Å². The number of nitrogens with one attached hydrogen (secondary N) is 1. The van der Waals surface area contributed by atoms with E-state index < -0.39 is 4.92 Å². The molecule has 2 aromatic rings. The Morgan fingerprint density at radius 2 is 2.26 bits per heavy atom. The monoisotopic (exact) mass is 324 g/mol. The number of anilines is 1. The van der Waals surface area contributed by atoms with E-state index in [9.17, 15) is 10.1 Å². The van der Waals surface area contributed by atoms with Crippen molar-refractivity contribution in [3.63, 3.8) is 0 Å². The molecule has 1 N–H and O–H groups in total. The molecule has 19 heavy (non-hydrogen) atoms. The summed E-state index contributed by atoms with van der Waals surface area (Å²) in [5.74, 6) is 0.238. The Balaban J connectivity index is 2.26. The lowest BCUT2D eigenvalue weighted by molar-refractivity contribution is -0.388. The number of aromatic nitrogens is 2. The molecule has 6 nitrogen and oxygen atoms in total. The second kappa shape index (κ2) is 5.40. The van der Waals surface area contributed by atoms with Gasteiger partial charge in [0.25, 0.3) is 0 Å². The van der Waals surface area contributed by atoms with Crippen LogP contribution in [0.3, 0.4) is 0 Å². The van der Waals surface area contributed by atoms with Gasteiger partial charge in [-0.1, -0.05) is 28.1 Å². The van der Waals surface area contributed by atoms with Crippen molar-refractivity contribution < 1.29 is 4.92 Å². The minimum atomic E-state index is -0.490. The first-order chi connectivity index (χ1) is 8.99. The summed E-state index contributed by atoms with van der Waals surface area (Å²) >= 11 is 3.41. The van der Waals surface area contributed by atoms with Gasteiger partial charge in [-0.25, -0.2) is 0 Å². The van der Waals surface area contributed by atoms with Crippen LogP contribution in [0.25, 0.3) is 0 Å². The van der Waals surface area contributed by atoms with Crippen molar-refractivity contribution in [1.29, 1.82) is 0 Å². The Morgan fingerprint density at radius 3 is 2.89 bits per heavy atom.